The zero-order chi connectivity index (χ0) is 19.3. The van der Waals surface area contributed by atoms with Crippen LogP contribution in [-0.4, -0.2) is 19.8 Å². The van der Waals surface area contributed by atoms with E-state index < -0.39 is 18.1 Å². The van der Waals surface area contributed by atoms with E-state index in [1.807, 2.05) is 0 Å². The van der Waals surface area contributed by atoms with Crippen LogP contribution in [0.25, 0.3) is 0 Å². The normalized spacial score (nSPS) is 10.9. The summed E-state index contributed by atoms with van der Waals surface area (Å²) in [4.78, 5) is 27.3. The first kappa shape index (κ1) is 20.1. The molecule has 0 saturated heterocycles. The average Bonchev–Trinajstić information content (AvgIpc) is 2.59. The van der Waals surface area contributed by atoms with Gasteiger partial charge in [0.2, 0.25) is 0 Å². The maximum Gasteiger partial charge on any atom is 0.319 e. The fourth-order valence-corrected chi connectivity index (χ4v) is 2.63. The second kappa shape index (κ2) is 8.97. The Morgan fingerprint density at radius 1 is 0.923 bits per heavy atom. The van der Waals surface area contributed by atoms with Gasteiger partial charge in [0.15, 0.2) is 0 Å². The molecule has 0 fully saturated rings. The summed E-state index contributed by atoms with van der Waals surface area (Å²) in [6.45, 7) is -0.682. The van der Waals surface area contributed by atoms with Gasteiger partial charge < -0.3 is 9.05 Å². The third-order valence-electron chi connectivity index (χ3n) is 2.91. The predicted octanol–water partition coefficient (Wildman–Crippen LogP) is 3.72. The quantitative estimate of drug-likeness (QED) is 0.268. The molecule has 2 rings (SSSR count). The maximum atomic E-state index is 11.8. The van der Waals surface area contributed by atoms with Crippen LogP contribution in [0.2, 0.25) is 10.3 Å². The molecule has 26 heavy (non-hydrogen) atoms. The summed E-state index contributed by atoms with van der Waals surface area (Å²) in [7, 11) is -3.05. The summed E-state index contributed by atoms with van der Waals surface area (Å²) in [5.41, 5.74) is -0.304. The number of aromatic nitrogens is 2. The van der Waals surface area contributed by atoms with Gasteiger partial charge in [0.1, 0.15) is 22.7 Å². The van der Waals surface area contributed by atoms with Crippen molar-refractivity contribution in [2.75, 3.05) is 0 Å². The molecule has 0 aliphatic heterocycles. The molecule has 0 aromatic carbocycles. The third-order valence-corrected chi connectivity index (χ3v) is 4.35. The number of pyridine rings is 2. The molecule has 0 N–H and O–H groups in total. The van der Waals surface area contributed by atoms with Crippen LogP contribution in [-0.2, 0) is 26.8 Å². The Hall–Kier alpha value is -2.17. The molecule has 2 heterocycles. The average molecular weight is 423 g/mol. The Morgan fingerprint density at radius 2 is 1.31 bits per heavy atom. The molecule has 138 valence electrons. The van der Waals surface area contributed by atoms with Crippen molar-refractivity contribution in [3.8, 4) is 0 Å². The van der Waals surface area contributed by atoms with Crippen molar-refractivity contribution in [1.29, 1.82) is 0 Å². The molecule has 14 heteroatoms. The Balaban J connectivity index is 1.96. The Morgan fingerprint density at radius 3 is 1.65 bits per heavy atom. The smallest absolute Gasteiger partial charge is 0.306 e. The van der Waals surface area contributed by atoms with Gasteiger partial charge in [0.05, 0.1) is 23.1 Å². The molecule has 0 bridgehead atoms. The Bertz CT molecular complexity index is 813. The fourth-order valence-electron chi connectivity index (χ4n) is 1.68. The van der Waals surface area contributed by atoms with Crippen LogP contribution in [0.3, 0.4) is 0 Å². The minimum Gasteiger partial charge on any atom is -0.306 e. The van der Waals surface area contributed by atoms with Gasteiger partial charge in [-0.25, -0.2) is 9.97 Å². The molecule has 2 aromatic rings. The van der Waals surface area contributed by atoms with E-state index in [2.05, 4.69) is 9.97 Å². The largest absolute Gasteiger partial charge is 0.319 e. The van der Waals surface area contributed by atoms with E-state index in [1.54, 1.807) is 0 Å². The zero-order valence-electron chi connectivity index (χ0n) is 12.6. The van der Waals surface area contributed by atoms with Crippen LogP contribution in [0.1, 0.15) is 11.1 Å². The second-order valence-electron chi connectivity index (χ2n) is 4.63. The van der Waals surface area contributed by atoms with Crippen molar-refractivity contribution in [2.24, 2.45) is 0 Å². The molecule has 2 aromatic heterocycles. The van der Waals surface area contributed by atoms with E-state index >= 15 is 0 Å². The van der Waals surface area contributed by atoms with Crippen LogP contribution in [0.15, 0.2) is 24.5 Å². The lowest BCUT2D eigenvalue weighted by Gasteiger charge is -2.07. The van der Waals surface area contributed by atoms with E-state index in [1.165, 1.54) is 0 Å². The third kappa shape index (κ3) is 5.41. The standard InChI is InChI=1S/C12H9Cl2N4O7P/c13-11-7(1-9(3-15-11)17(19)20)5-24-26(23)25-6-8-2-10(18(21)22)4-16-12(8)14/h1-4,26H,5-6H2. The highest BCUT2D eigenvalue weighted by Crippen LogP contribution is 2.31. The summed E-state index contributed by atoms with van der Waals surface area (Å²) in [6.07, 6.45) is 1.95. The molecule has 11 nitrogen and oxygen atoms in total. The van der Waals surface area contributed by atoms with Crippen LogP contribution in [0.5, 0.6) is 0 Å². The summed E-state index contributed by atoms with van der Waals surface area (Å²) in [5, 5.41) is 21.3. The predicted molar refractivity (Wildman–Crippen MR) is 90.4 cm³/mol. The van der Waals surface area contributed by atoms with Crippen molar-refractivity contribution in [2.45, 2.75) is 13.2 Å². The number of nitro groups is 2. The number of halogens is 2. The second-order valence-corrected chi connectivity index (χ2v) is 6.42. The van der Waals surface area contributed by atoms with Crippen LogP contribution < -0.4 is 0 Å². The van der Waals surface area contributed by atoms with E-state index in [0.717, 1.165) is 24.5 Å². The van der Waals surface area contributed by atoms with Gasteiger partial charge in [-0.3, -0.25) is 24.8 Å². The van der Waals surface area contributed by atoms with E-state index in [0.29, 0.717) is 0 Å². The summed E-state index contributed by atoms with van der Waals surface area (Å²) >= 11 is 11.6. The fraction of sp³-hybridized carbons (Fsp3) is 0.167. The van der Waals surface area contributed by atoms with Gasteiger partial charge in [0, 0.05) is 23.3 Å². The number of nitrogens with zero attached hydrogens (tertiary/aromatic N) is 4. The molecule has 0 aliphatic rings. The first-order valence-electron chi connectivity index (χ1n) is 6.65. The number of rotatable bonds is 8. The lowest BCUT2D eigenvalue weighted by Crippen LogP contribution is -1.97. The lowest BCUT2D eigenvalue weighted by molar-refractivity contribution is -0.385. The lowest BCUT2D eigenvalue weighted by atomic mass is 10.3. The van der Waals surface area contributed by atoms with Crippen LogP contribution >= 0.6 is 31.5 Å². The molecule has 0 atom stereocenters. The highest BCUT2D eigenvalue weighted by atomic mass is 35.5. The van der Waals surface area contributed by atoms with Gasteiger partial charge in [0.25, 0.3) is 11.4 Å². The summed E-state index contributed by atoms with van der Waals surface area (Å²) in [5.74, 6) is 0. The van der Waals surface area contributed by atoms with Crippen molar-refractivity contribution >= 4 is 42.8 Å². The summed E-state index contributed by atoms with van der Waals surface area (Å²) in [6, 6.07) is 2.26. The Kier molecular flexibility index (Phi) is 6.95. The zero-order valence-corrected chi connectivity index (χ0v) is 15.1. The van der Waals surface area contributed by atoms with Crippen molar-refractivity contribution in [1.82, 2.24) is 9.97 Å². The molecule has 0 unspecified atom stereocenters. The van der Waals surface area contributed by atoms with E-state index in [9.17, 15) is 24.8 Å². The van der Waals surface area contributed by atoms with Crippen molar-refractivity contribution < 1.29 is 23.5 Å². The molecular weight excluding hydrogens is 414 g/mol. The molecule has 0 spiro atoms. The van der Waals surface area contributed by atoms with E-state index in [4.69, 9.17) is 32.2 Å². The molecule has 0 aliphatic carbocycles. The number of hydrogen-bond donors (Lipinski definition) is 0. The monoisotopic (exact) mass is 422 g/mol. The maximum absolute atomic E-state index is 11.8. The number of hydrogen-bond acceptors (Lipinski definition) is 9. The molecule has 0 amide bonds. The molecule has 0 radical (unpaired) electrons. The van der Waals surface area contributed by atoms with Gasteiger partial charge in [-0.1, -0.05) is 23.2 Å². The van der Waals surface area contributed by atoms with Crippen LogP contribution in [0, 0.1) is 20.2 Å². The minimum absolute atomic E-state index is 0.0451. The van der Waals surface area contributed by atoms with Crippen LogP contribution in [0.4, 0.5) is 11.4 Å². The van der Waals surface area contributed by atoms with E-state index in [-0.39, 0.29) is 46.0 Å². The van der Waals surface area contributed by atoms with Gasteiger partial charge in [-0.05, 0) is 0 Å². The summed E-state index contributed by atoms with van der Waals surface area (Å²) < 4.78 is 21.7. The van der Waals surface area contributed by atoms with Crippen molar-refractivity contribution in [3.05, 3.63) is 66.2 Å². The molecular formula is C12H9Cl2N4O7P. The first-order chi connectivity index (χ1) is 12.3. The minimum atomic E-state index is -3.05. The highest BCUT2D eigenvalue weighted by molar-refractivity contribution is 7.33. The van der Waals surface area contributed by atoms with Gasteiger partial charge in [-0.2, -0.15) is 0 Å². The Labute approximate surface area is 156 Å². The van der Waals surface area contributed by atoms with Gasteiger partial charge >= 0.3 is 8.25 Å². The van der Waals surface area contributed by atoms with Crippen molar-refractivity contribution in [3.63, 3.8) is 0 Å². The highest BCUT2D eigenvalue weighted by Gasteiger charge is 2.14. The molecule has 0 saturated carbocycles. The topological polar surface area (TPSA) is 148 Å². The van der Waals surface area contributed by atoms with Gasteiger partial charge in [-0.15, -0.1) is 0 Å². The SMILES string of the molecule is O=[N+]([O-])c1cnc(Cl)c(CO[PH](=O)OCc2cc([N+](=O)[O-])cnc2Cl)c1. The first-order valence-corrected chi connectivity index (χ1v) is 8.63.